The summed E-state index contributed by atoms with van der Waals surface area (Å²) in [6.45, 7) is 7.34. The van der Waals surface area contributed by atoms with Crippen LogP contribution in [-0.4, -0.2) is 67.6 Å². The van der Waals surface area contributed by atoms with Gasteiger partial charge in [0.1, 0.15) is 0 Å². The van der Waals surface area contributed by atoms with E-state index in [4.69, 9.17) is 4.74 Å². The second-order valence-corrected chi connectivity index (χ2v) is 10.3. The number of nitrogens with one attached hydrogen (secondary N) is 3. The molecule has 5 atom stereocenters. The van der Waals surface area contributed by atoms with E-state index >= 15 is 4.39 Å². The van der Waals surface area contributed by atoms with E-state index in [0.29, 0.717) is 19.5 Å². The van der Waals surface area contributed by atoms with E-state index in [1.807, 2.05) is 20.8 Å². The number of ether oxygens (including phenoxy) is 1. The molecule has 2 saturated heterocycles. The number of alkyl halides is 4. The van der Waals surface area contributed by atoms with Crippen LogP contribution >= 0.6 is 0 Å². The minimum absolute atomic E-state index is 0.0662. The molecule has 31 heavy (non-hydrogen) atoms. The second-order valence-electron chi connectivity index (χ2n) is 10.3. The zero-order valence-electron chi connectivity index (χ0n) is 19.3. The monoisotopic (exact) mass is 452 g/mol. The first-order valence-electron chi connectivity index (χ1n) is 11.8. The van der Waals surface area contributed by atoms with Crippen molar-refractivity contribution >= 4 is 0 Å². The molecular weight excluding hydrogens is 412 g/mol. The van der Waals surface area contributed by atoms with Crippen molar-refractivity contribution in [2.24, 2.45) is 11.8 Å². The zero-order chi connectivity index (χ0) is 22.8. The van der Waals surface area contributed by atoms with Gasteiger partial charge in [-0.3, -0.25) is 20.9 Å². The molecule has 3 fully saturated rings. The average Bonchev–Trinajstić information content (AvgIpc) is 3.18. The van der Waals surface area contributed by atoms with Gasteiger partial charge in [-0.15, -0.1) is 0 Å². The van der Waals surface area contributed by atoms with Crippen molar-refractivity contribution in [1.82, 2.24) is 20.9 Å². The van der Waals surface area contributed by atoms with Gasteiger partial charge >= 0.3 is 6.18 Å². The molecule has 0 radical (unpaired) electrons. The lowest BCUT2D eigenvalue weighted by molar-refractivity contribution is -0.185. The number of likely N-dealkylation sites (tertiary alicyclic amines) is 1. The van der Waals surface area contributed by atoms with E-state index in [-0.39, 0.29) is 36.4 Å². The van der Waals surface area contributed by atoms with Crippen LogP contribution < -0.4 is 16.0 Å². The molecule has 0 amide bonds. The summed E-state index contributed by atoms with van der Waals surface area (Å²) in [5, 5.41) is 9.83. The molecule has 0 bridgehead atoms. The standard InChI is InChI=1S/C22H40F4N4O/c1-14(12-21(2,3)31-4)29-19-18(23)20(28-13-27-19)30-11-5-6-17(30)15-7-9-16(10-8-15)22(24,25)26/h14-20,27-29H,5-13H2,1-4H3. The first-order valence-corrected chi connectivity index (χ1v) is 11.8. The molecule has 1 aliphatic carbocycles. The minimum atomic E-state index is -4.09. The predicted molar refractivity (Wildman–Crippen MR) is 113 cm³/mol. The molecule has 3 aliphatic rings. The molecule has 5 nitrogen and oxygen atoms in total. The lowest BCUT2D eigenvalue weighted by Gasteiger charge is -2.45. The van der Waals surface area contributed by atoms with Gasteiger partial charge in [-0.2, -0.15) is 13.2 Å². The van der Waals surface area contributed by atoms with Crippen molar-refractivity contribution in [2.45, 2.75) is 108 Å². The number of methoxy groups -OCH3 is 1. The summed E-state index contributed by atoms with van der Waals surface area (Å²) in [6, 6.07) is 0.227. The van der Waals surface area contributed by atoms with E-state index in [0.717, 1.165) is 25.8 Å². The molecule has 1 saturated carbocycles. The van der Waals surface area contributed by atoms with Crippen LogP contribution in [0, 0.1) is 11.8 Å². The van der Waals surface area contributed by atoms with Gasteiger partial charge in [0.15, 0.2) is 6.17 Å². The topological polar surface area (TPSA) is 48.6 Å². The maximum atomic E-state index is 15.6. The number of hydrogen-bond donors (Lipinski definition) is 3. The third-order valence-corrected chi connectivity index (χ3v) is 7.55. The molecule has 182 valence electrons. The fourth-order valence-electron chi connectivity index (χ4n) is 5.82. The van der Waals surface area contributed by atoms with Crippen molar-refractivity contribution in [3.63, 3.8) is 0 Å². The summed E-state index contributed by atoms with van der Waals surface area (Å²) in [6.07, 6.45) is -1.91. The Morgan fingerprint density at radius 3 is 2.39 bits per heavy atom. The number of halogens is 4. The number of hydrogen-bond acceptors (Lipinski definition) is 5. The van der Waals surface area contributed by atoms with Crippen molar-refractivity contribution in [2.75, 3.05) is 20.3 Å². The maximum Gasteiger partial charge on any atom is 0.391 e. The van der Waals surface area contributed by atoms with E-state index in [9.17, 15) is 13.2 Å². The summed E-state index contributed by atoms with van der Waals surface area (Å²) < 4.78 is 60.2. The lowest BCUT2D eigenvalue weighted by atomic mass is 9.77. The van der Waals surface area contributed by atoms with Crippen LogP contribution in [0.25, 0.3) is 0 Å². The maximum absolute atomic E-state index is 15.6. The highest BCUT2D eigenvalue weighted by molar-refractivity contribution is 4.97. The number of rotatable bonds is 7. The van der Waals surface area contributed by atoms with E-state index in [2.05, 4.69) is 20.9 Å². The van der Waals surface area contributed by atoms with Crippen LogP contribution in [0.5, 0.6) is 0 Å². The Morgan fingerprint density at radius 1 is 1.10 bits per heavy atom. The smallest absolute Gasteiger partial charge is 0.379 e. The van der Waals surface area contributed by atoms with Crippen LogP contribution in [-0.2, 0) is 4.74 Å². The van der Waals surface area contributed by atoms with Crippen LogP contribution in [0.4, 0.5) is 17.6 Å². The normalized spacial score (nSPS) is 37.2. The van der Waals surface area contributed by atoms with Gasteiger partial charge in [-0.25, -0.2) is 4.39 Å². The van der Waals surface area contributed by atoms with Gasteiger partial charge in [-0.1, -0.05) is 0 Å². The van der Waals surface area contributed by atoms with E-state index in [1.165, 1.54) is 0 Å². The van der Waals surface area contributed by atoms with Crippen molar-refractivity contribution in [1.29, 1.82) is 0 Å². The third-order valence-electron chi connectivity index (χ3n) is 7.55. The zero-order valence-corrected chi connectivity index (χ0v) is 19.3. The highest BCUT2D eigenvalue weighted by atomic mass is 19.4. The molecule has 3 N–H and O–H groups in total. The second kappa shape index (κ2) is 10.2. The van der Waals surface area contributed by atoms with Crippen LogP contribution in [0.3, 0.4) is 0 Å². The van der Waals surface area contributed by atoms with Gasteiger partial charge in [0.05, 0.1) is 23.9 Å². The van der Waals surface area contributed by atoms with Gasteiger partial charge in [0.2, 0.25) is 0 Å². The molecule has 9 heteroatoms. The van der Waals surface area contributed by atoms with Crippen molar-refractivity contribution < 1.29 is 22.3 Å². The van der Waals surface area contributed by atoms with E-state index in [1.54, 1.807) is 7.11 Å². The predicted octanol–water partition coefficient (Wildman–Crippen LogP) is 3.75. The molecule has 0 aromatic carbocycles. The van der Waals surface area contributed by atoms with Crippen LogP contribution in [0.15, 0.2) is 0 Å². The average molecular weight is 453 g/mol. The molecule has 2 aliphatic heterocycles. The summed E-state index contributed by atoms with van der Waals surface area (Å²) in [5.41, 5.74) is -0.292. The Balaban J connectivity index is 1.58. The van der Waals surface area contributed by atoms with Crippen LogP contribution in [0.1, 0.15) is 65.7 Å². The molecule has 3 rings (SSSR count). The summed E-state index contributed by atoms with van der Waals surface area (Å²) in [7, 11) is 1.68. The SMILES string of the molecule is COC(C)(C)CC(C)NC1NCNC(N2CCCC2C2CCC(C(F)(F)F)CC2)C1F. The van der Waals surface area contributed by atoms with Gasteiger partial charge in [0.25, 0.3) is 0 Å². The molecule has 2 heterocycles. The van der Waals surface area contributed by atoms with Gasteiger partial charge < -0.3 is 4.74 Å². The van der Waals surface area contributed by atoms with E-state index < -0.39 is 30.6 Å². The fraction of sp³-hybridized carbons (Fsp3) is 1.00. The summed E-state index contributed by atoms with van der Waals surface area (Å²) >= 11 is 0. The lowest BCUT2D eigenvalue weighted by Crippen LogP contribution is -2.70. The molecule has 5 unspecified atom stereocenters. The molecular formula is C22H40F4N4O. The molecule has 0 aromatic rings. The largest absolute Gasteiger partial charge is 0.391 e. The molecule has 0 aromatic heterocycles. The minimum Gasteiger partial charge on any atom is -0.379 e. The van der Waals surface area contributed by atoms with Crippen molar-refractivity contribution in [3.8, 4) is 0 Å². The Hall–Kier alpha value is -0.480. The fourth-order valence-corrected chi connectivity index (χ4v) is 5.82. The summed E-state index contributed by atoms with van der Waals surface area (Å²) in [5.74, 6) is -0.950. The first kappa shape index (κ1) is 25.1. The van der Waals surface area contributed by atoms with Crippen LogP contribution in [0.2, 0.25) is 0 Å². The Bertz CT molecular complexity index is 568. The Morgan fingerprint density at radius 2 is 1.77 bits per heavy atom. The highest BCUT2D eigenvalue weighted by Gasteiger charge is 2.47. The van der Waals surface area contributed by atoms with Gasteiger partial charge in [-0.05, 0) is 71.6 Å². The Kier molecular flexibility index (Phi) is 8.27. The summed E-state index contributed by atoms with van der Waals surface area (Å²) in [4.78, 5) is 2.20. The van der Waals surface area contributed by atoms with Crippen molar-refractivity contribution in [3.05, 3.63) is 0 Å². The number of nitrogens with zero attached hydrogens (tertiary/aromatic N) is 1. The Labute approximate surface area is 184 Å². The third kappa shape index (κ3) is 6.31. The highest BCUT2D eigenvalue weighted by Crippen LogP contribution is 2.43. The molecule has 0 spiro atoms. The first-order chi connectivity index (χ1) is 14.5. The van der Waals surface area contributed by atoms with Gasteiger partial charge in [0, 0.05) is 32.4 Å². The quantitative estimate of drug-likeness (QED) is 0.514.